The number of methoxy groups -OCH3 is 3. The molecule has 5 heteroatoms. The van der Waals surface area contributed by atoms with Gasteiger partial charge in [-0.3, -0.25) is 9.78 Å². The lowest BCUT2D eigenvalue weighted by atomic mass is 9.72. The predicted octanol–water partition coefficient (Wildman–Crippen LogP) is 4.74. The van der Waals surface area contributed by atoms with E-state index in [1.54, 1.807) is 21.3 Å². The van der Waals surface area contributed by atoms with Crippen LogP contribution in [0.25, 0.3) is 11.1 Å². The van der Waals surface area contributed by atoms with Gasteiger partial charge in [0.25, 0.3) is 0 Å². The van der Waals surface area contributed by atoms with Crippen molar-refractivity contribution >= 4 is 5.78 Å². The molecule has 3 aliphatic rings. The zero-order chi connectivity index (χ0) is 20.9. The summed E-state index contributed by atoms with van der Waals surface area (Å²) in [4.78, 5) is 18.1. The highest BCUT2D eigenvalue weighted by Gasteiger charge is 2.51. The molecule has 0 unspecified atom stereocenters. The molecule has 0 spiro atoms. The minimum absolute atomic E-state index is 0.332. The van der Waals surface area contributed by atoms with Crippen LogP contribution in [0, 0.1) is 11.8 Å². The minimum atomic E-state index is -0.332. The Morgan fingerprint density at radius 3 is 2.00 bits per heavy atom. The molecule has 1 aromatic heterocycles. The van der Waals surface area contributed by atoms with Crippen molar-refractivity contribution in [3.05, 3.63) is 35.7 Å². The Morgan fingerprint density at radius 2 is 1.50 bits per heavy atom. The second-order valence-corrected chi connectivity index (χ2v) is 9.11. The van der Waals surface area contributed by atoms with Gasteiger partial charge in [0, 0.05) is 18.2 Å². The Kier molecular flexibility index (Phi) is 4.72. The van der Waals surface area contributed by atoms with E-state index < -0.39 is 0 Å². The Labute approximate surface area is 177 Å². The van der Waals surface area contributed by atoms with Gasteiger partial charge < -0.3 is 14.2 Å². The average Bonchev–Trinajstić information content (AvgIpc) is 3.69. The van der Waals surface area contributed by atoms with Gasteiger partial charge in [-0.1, -0.05) is 25.7 Å². The monoisotopic (exact) mass is 407 g/mol. The molecule has 2 aromatic rings. The fourth-order valence-corrected chi connectivity index (χ4v) is 5.09. The number of hydrogen-bond acceptors (Lipinski definition) is 5. The fraction of sp³-hybridized carbons (Fsp3) is 0.520. The molecule has 0 N–H and O–H groups in total. The summed E-state index contributed by atoms with van der Waals surface area (Å²) in [5.74, 6) is 3.58. The van der Waals surface area contributed by atoms with Crippen LogP contribution < -0.4 is 14.2 Å². The third-order valence-electron chi connectivity index (χ3n) is 7.01. The van der Waals surface area contributed by atoms with Gasteiger partial charge in [0.1, 0.15) is 5.78 Å². The summed E-state index contributed by atoms with van der Waals surface area (Å²) in [5, 5.41) is 0. The number of fused-ring (bicyclic) bond motifs is 1. The van der Waals surface area contributed by atoms with Crippen molar-refractivity contribution in [2.24, 2.45) is 11.8 Å². The largest absolute Gasteiger partial charge is 0.493 e. The lowest BCUT2D eigenvalue weighted by molar-refractivity contribution is -0.123. The van der Waals surface area contributed by atoms with Crippen LogP contribution in [0.3, 0.4) is 0 Å². The molecule has 30 heavy (non-hydrogen) atoms. The summed E-state index contributed by atoms with van der Waals surface area (Å²) in [6.45, 7) is 0. The molecule has 1 aromatic carbocycles. The zero-order valence-corrected chi connectivity index (χ0v) is 18.0. The number of ketones is 1. The molecule has 2 fully saturated rings. The molecule has 5 nitrogen and oxygen atoms in total. The maximum absolute atomic E-state index is 13.3. The second kappa shape index (κ2) is 7.29. The smallest absolute Gasteiger partial charge is 0.203 e. The predicted molar refractivity (Wildman–Crippen MR) is 114 cm³/mol. The van der Waals surface area contributed by atoms with Gasteiger partial charge in [0.05, 0.1) is 32.4 Å². The van der Waals surface area contributed by atoms with Crippen molar-refractivity contribution in [3.63, 3.8) is 0 Å². The van der Waals surface area contributed by atoms with E-state index >= 15 is 0 Å². The quantitative estimate of drug-likeness (QED) is 0.633. The van der Waals surface area contributed by atoms with Crippen molar-refractivity contribution in [1.29, 1.82) is 0 Å². The number of ether oxygens (including phenoxy) is 3. The van der Waals surface area contributed by atoms with Gasteiger partial charge in [-0.25, -0.2) is 0 Å². The number of nitrogens with zero attached hydrogens (tertiary/aromatic N) is 1. The van der Waals surface area contributed by atoms with Crippen molar-refractivity contribution in [2.45, 2.75) is 50.4 Å². The molecule has 0 amide bonds. The van der Waals surface area contributed by atoms with Crippen molar-refractivity contribution in [1.82, 2.24) is 4.98 Å². The third-order valence-corrected chi connectivity index (χ3v) is 7.01. The maximum Gasteiger partial charge on any atom is 0.203 e. The standard InChI is InChI=1S/C25H29NO4/c1-28-21-9-17(10-22(29-2)24(21)30-3)18-8-19-20(26-14-18)11-23(27)25(19,12-15-4-5-15)13-16-6-7-16/h8-10,14-16H,4-7,11-13H2,1-3H3. The number of carbonyl (C=O) groups is 1. The molecule has 0 atom stereocenters. The normalized spacial score (nSPS) is 19.5. The highest BCUT2D eigenvalue weighted by molar-refractivity contribution is 5.96. The van der Waals surface area contributed by atoms with Crippen LogP contribution in [-0.2, 0) is 16.6 Å². The number of hydrogen-bond donors (Lipinski definition) is 0. The number of pyridine rings is 1. The molecule has 5 rings (SSSR count). The molecule has 2 saturated carbocycles. The van der Waals surface area contributed by atoms with Crippen molar-refractivity contribution in [3.8, 4) is 28.4 Å². The summed E-state index contributed by atoms with van der Waals surface area (Å²) < 4.78 is 16.5. The highest BCUT2D eigenvalue weighted by atomic mass is 16.5. The molecule has 0 saturated heterocycles. The van der Waals surface area contributed by atoms with E-state index in [1.807, 2.05) is 18.3 Å². The topological polar surface area (TPSA) is 57.7 Å². The Balaban J connectivity index is 1.60. The van der Waals surface area contributed by atoms with E-state index in [0.717, 1.165) is 35.2 Å². The van der Waals surface area contributed by atoms with Gasteiger partial charge >= 0.3 is 0 Å². The van der Waals surface area contributed by atoms with Crippen molar-refractivity contribution in [2.75, 3.05) is 21.3 Å². The molecule has 0 radical (unpaired) electrons. The van der Waals surface area contributed by atoms with E-state index in [2.05, 4.69) is 6.07 Å². The lowest BCUT2D eigenvalue weighted by Gasteiger charge is -2.29. The van der Waals surface area contributed by atoms with Gasteiger partial charge in [-0.2, -0.15) is 0 Å². The van der Waals surface area contributed by atoms with E-state index in [4.69, 9.17) is 19.2 Å². The molecule has 0 bridgehead atoms. The number of benzene rings is 1. The van der Waals surface area contributed by atoms with Crippen LogP contribution in [0.4, 0.5) is 0 Å². The summed E-state index contributed by atoms with van der Waals surface area (Å²) in [5.41, 5.74) is 3.74. The van der Waals surface area contributed by atoms with E-state index in [0.29, 0.717) is 41.3 Å². The maximum atomic E-state index is 13.3. The van der Waals surface area contributed by atoms with Crippen LogP contribution in [0.2, 0.25) is 0 Å². The van der Waals surface area contributed by atoms with Crippen molar-refractivity contribution < 1.29 is 19.0 Å². The number of aromatic nitrogens is 1. The van der Waals surface area contributed by atoms with Crippen LogP contribution in [0.15, 0.2) is 24.4 Å². The number of Topliss-reactive ketones (excluding diaryl/α,β-unsaturated/α-hetero) is 1. The van der Waals surface area contributed by atoms with E-state index in [-0.39, 0.29) is 5.41 Å². The molecular weight excluding hydrogens is 378 g/mol. The van der Waals surface area contributed by atoms with E-state index in [9.17, 15) is 4.79 Å². The first-order valence-corrected chi connectivity index (χ1v) is 10.9. The summed E-state index contributed by atoms with van der Waals surface area (Å²) in [6.07, 6.45) is 9.38. The van der Waals surface area contributed by atoms with Gasteiger partial charge in [0.2, 0.25) is 5.75 Å². The zero-order valence-electron chi connectivity index (χ0n) is 18.0. The van der Waals surface area contributed by atoms with Gasteiger partial charge in [-0.05, 0) is 54.0 Å². The highest BCUT2D eigenvalue weighted by Crippen LogP contribution is 2.53. The van der Waals surface area contributed by atoms with Crippen LogP contribution in [0.5, 0.6) is 17.2 Å². The minimum Gasteiger partial charge on any atom is -0.493 e. The summed E-state index contributed by atoms with van der Waals surface area (Å²) in [7, 11) is 4.85. The summed E-state index contributed by atoms with van der Waals surface area (Å²) in [6, 6.07) is 6.11. The average molecular weight is 408 g/mol. The second-order valence-electron chi connectivity index (χ2n) is 9.11. The lowest BCUT2D eigenvalue weighted by Crippen LogP contribution is -2.33. The number of rotatable bonds is 8. The molecular formula is C25H29NO4. The van der Waals surface area contributed by atoms with Crippen LogP contribution in [0.1, 0.15) is 49.8 Å². The Bertz CT molecular complexity index is 952. The summed E-state index contributed by atoms with van der Waals surface area (Å²) >= 11 is 0. The number of carbonyl (C=O) groups excluding carboxylic acids is 1. The molecule has 3 aliphatic carbocycles. The van der Waals surface area contributed by atoms with Crippen LogP contribution >= 0.6 is 0 Å². The SMILES string of the molecule is COc1cc(-c2cnc3c(c2)C(CC2CC2)(CC2CC2)C(=O)C3)cc(OC)c1OC. The van der Waals surface area contributed by atoms with E-state index in [1.165, 1.54) is 25.7 Å². The Morgan fingerprint density at radius 1 is 0.900 bits per heavy atom. The Hall–Kier alpha value is -2.56. The van der Waals surface area contributed by atoms with Gasteiger partial charge in [0.15, 0.2) is 11.5 Å². The fourth-order valence-electron chi connectivity index (χ4n) is 5.09. The first kappa shape index (κ1) is 19.4. The first-order chi connectivity index (χ1) is 14.6. The molecule has 1 heterocycles. The van der Waals surface area contributed by atoms with Crippen LogP contribution in [-0.4, -0.2) is 32.1 Å². The first-order valence-electron chi connectivity index (χ1n) is 10.9. The van der Waals surface area contributed by atoms with Gasteiger partial charge in [-0.15, -0.1) is 0 Å². The molecule has 0 aliphatic heterocycles. The molecule has 158 valence electrons. The third kappa shape index (κ3) is 3.24.